The van der Waals surface area contributed by atoms with Crippen molar-refractivity contribution in [1.82, 2.24) is 9.29 Å². The third-order valence-corrected chi connectivity index (χ3v) is 9.21. The number of aromatic nitrogens is 1. The number of sulfonamides is 1. The van der Waals surface area contributed by atoms with Gasteiger partial charge in [-0.3, -0.25) is 4.79 Å². The van der Waals surface area contributed by atoms with Gasteiger partial charge in [0.05, 0.1) is 15.6 Å². The maximum atomic E-state index is 14.1. The van der Waals surface area contributed by atoms with Gasteiger partial charge in [0.15, 0.2) is 0 Å². The lowest BCUT2D eigenvalue weighted by atomic mass is 9.99. The minimum Gasteiger partial charge on any atom is -0.307 e. The summed E-state index contributed by atoms with van der Waals surface area (Å²) in [6, 6.07) is 7.72. The maximum absolute atomic E-state index is 14.1. The van der Waals surface area contributed by atoms with Crippen LogP contribution in [0.2, 0.25) is 5.02 Å². The number of amides is 1. The lowest BCUT2D eigenvalue weighted by Gasteiger charge is -2.30. The number of aryl methyl sites for hydroxylation is 1. The van der Waals surface area contributed by atoms with Crippen molar-refractivity contribution in [2.45, 2.75) is 30.6 Å². The van der Waals surface area contributed by atoms with Crippen LogP contribution in [0.5, 0.6) is 0 Å². The summed E-state index contributed by atoms with van der Waals surface area (Å²) in [6.07, 6.45) is 1.12. The first-order valence-electron chi connectivity index (χ1n) is 10.5. The predicted octanol–water partition coefficient (Wildman–Crippen LogP) is 5.23. The standard InChI is InChI=1S/C23H22ClF2N3O3S2/c1-14-3-5-17(12-18(14)24)34(31,32)29-9-7-15(8-10-29)22-27-20(13-33-22)23(30)28(2)21-6-4-16(25)11-19(21)26/h3-6,11-13,15H,7-10H2,1-2H3. The summed E-state index contributed by atoms with van der Waals surface area (Å²) in [5.74, 6) is -2.07. The van der Waals surface area contributed by atoms with E-state index >= 15 is 0 Å². The molecule has 2 aromatic carbocycles. The number of nitrogens with zero attached hydrogens (tertiary/aromatic N) is 3. The van der Waals surface area contributed by atoms with E-state index in [9.17, 15) is 22.0 Å². The molecule has 0 aliphatic carbocycles. The molecule has 0 bridgehead atoms. The second-order valence-corrected chi connectivity index (χ2v) is 11.4. The van der Waals surface area contributed by atoms with Gasteiger partial charge in [-0.1, -0.05) is 17.7 Å². The van der Waals surface area contributed by atoms with E-state index in [4.69, 9.17) is 11.6 Å². The quantitative estimate of drug-likeness (QED) is 0.457. The molecule has 1 amide bonds. The molecule has 0 unspecified atom stereocenters. The van der Waals surface area contributed by atoms with Gasteiger partial charge in [0.2, 0.25) is 10.0 Å². The Bertz CT molecular complexity index is 1340. The molecular weight excluding hydrogens is 504 g/mol. The van der Waals surface area contributed by atoms with Gasteiger partial charge in [0, 0.05) is 42.5 Å². The molecule has 1 aliphatic heterocycles. The first-order valence-corrected chi connectivity index (χ1v) is 13.2. The van der Waals surface area contributed by atoms with Crippen molar-refractivity contribution in [2.24, 2.45) is 0 Å². The molecule has 3 aromatic rings. The molecule has 0 radical (unpaired) electrons. The minimum atomic E-state index is -3.66. The molecule has 180 valence electrons. The Labute approximate surface area is 205 Å². The number of anilines is 1. The lowest BCUT2D eigenvalue weighted by molar-refractivity contribution is 0.0987. The largest absolute Gasteiger partial charge is 0.307 e. The Hall–Kier alpha value is -2.40. The number of piperidine rings is 1. The van der Waals surface area contributed by atoms with E-state index in [0.29, 0.717) is 31.0 Å². The van der Waals surface area contributed by atoms with Crippen molar-refractivity contribution in [1.29, 1.82) is 0 Å². The van der Waals surface area contributed by atoms with Gasteiger partial charge < -0.3 is 4.90 Å². The van der Waals surface area contributed by atoms with Crippen LogP contribution in [0.1, 0.15) is 39.8 Å². The number of hydrogen-bond donors (Lipinski definition) is 0. The predicted molar refractivity (Wildman–Crippen MR) is 128 cm³/mol. The summed E-state index contributed by atoms with van der Waals surface area (Å²) in [5, 5.41) is 2.74. The molecule has 1 aliphatic rings. The number of hydrogen-bond acceptors (Lipinski definition) is 5. The molecule has 4 rings (SSSR count). The van der Waals surface area contributed by atoms with Gasteiger partial charge >= 0.3 is 0 Å². The van der Waals surface area contributed by atoms with Crippen molar-refractivity contribution in [3.05, 3.63) is 74.7 Å². The molecule has 1 aromatic heterocycles. The zero-order chi connectivity index (χ0) is 24.6. The van der Waals surface area contributed by atoms with Gasteiger partial charge in [0.1, 0.15) is 17.3 Å². The van der Waals surface area contributed by atoms with Gasteiger partial charge in [-0.2, -0.15) is 4.31 Å². The summed E-state index contributed by atoms with van der Waals surface area (Å²) < 4.78 is 54.7. The highest BCUT2D eigenvalue weighted by molar-refractivity contribution is 7.89. The molecule has 0 saturated carbocycles. The van der Waals surface area contributed by atoms with Crippen LogP contribution in [0.25, 0.3) is 0 Å². The van der Waals surface area contributed by atoms with Crippen LogP contribution in [0, 0.1) is 18.6 Å². The van der Waals surface area contributed by atoms with E-state index in [1.54, 1.807) is 17.5 Å². The first-order chi connectivity index (χ1) is 16.1. The normalized spacial score (nSPS) is 15.4. The number of halogens is 3. The average Bonchev–Trinajstić information content (AvgIpc) is 3.30. The summed E-state index contributed by atoms with van der Waals surface area (Å²) in [7, 11) is -2.25. The van der Waals surface area contributed by atoms with E-state index in [-0.39, 0.29) is 22.2 Å². The maximum Gasteiger partial charge on any atom is 0.277 e. The number of carbonyl (C=O) groups is 1. The molecule has 6 nitrogen and oxygen atoms in total. The van der Waals surface area contributed by atoms with Gasteiger partial charge in [-0.25, -0.2) is 22.2 Å². The highest BCUT2D eigenvalue weighted by Gasteiger charge is 2.32. The molecule has 1 saturated heterocycles. The number of benzene rings is 2. The zero-order valence-corrected chi connectivity index (χ0v) is 20.9. The smallest absolute Gasteiger partial charge is 0.277 e. The monoisotopic (exact) mass is 525 g/mol. The molecule has 0 N–H and O–H groups in total. The summed E-state index contributed by atoms with van der Waals surface area (Å²) in [5.41, 5.74) is 0.924. The van der Waals surface area contributed by atoms with Crippen molar-refractivity contribution < 1.29 is 22.0 Å². The number of rotatable bonds is 5. The average molecular weight is 526 g/mol. The van der Waals surface area contributed by atoms with E-state index in [1.807, 2.05) is 6.92 Å². The second-order valence-electron chi connectivity index (χ2n) is 8.12. The van der Waals surface area contributed by atoms with Crippen LogP contribution in [0.15, 0.2) is 46.7 Å². The van der Waals surface area contributed by atoms with E-state index in [0.717, 1.165) is 27.6 Å². The fraction of sp³-hybridized carbons (Fsp3) is 0.304. The Balaban J connectivity index is 1.43. The van der Waals surface area contributed by atoms with Crippen LogP contribution < -0.4 is 4.90 Å². The fourth-order valence-corrected chi connectivity index (χ4v) is 6.54. The van der Waals surface area contributed by atoms with Crippen molar-refractivity contribution in [3.8, 4) is 0 Å². The molecule has 11 heteroatoms. The number of carbonyl (C=O) groups excluding carboxylic acids is 1. The van der Waals surface area contributed by atoms with Crippen molar-refractivity contribution in [3.63, 3.8) is 0 Å². The molecule has 0 spiro atoms. The number of thiazole rings is 1. The van der Waals surface area contributed by atoms with Crippen LogP contribution in [0.3, 0.4) is 0 Å². The molecule has 1 fully saturated rings. The highest BCUT2D eigenvalue weighted by Crippen LogP contribution is 2.33. The molecule has 0 atom stereocenters. The summed E-state index contributed by atoms with van der Waals surface area (Å²) >= 11 is 7.42. The molecular formula is C23H22ClF2N3O3S2. The molecule has 2 heterocycles. The van der Waals surface area contributed by atoms with E-state index in [1.165, 1.54) is 34.8 Å². The highest BCUT2D eigenvalue weighted by atomic mass is 35.5. The minimum absolute atomic E-state index is 0.00692. The zero-order valence-electron chi connectivity index (χ0n) is 18.5. The summed E-state index contributed by atoms with van der Waals surface area (Å²) in [6.45, 7) is 2.45. The SMILES string of the molecule is Cc1ccc(S(=O)(=O)N2CCC(c3nc(C(=O)N(C)c4ccc(F)cc4F)cs3)CC2)cc1Cl. The van der Waals surface area contributed by atoms with Crippen LogP contribution >= 0.6 is 22.9 Å². The topological polar surface area (TPSA) is 70.6 Å². The Morgan fingerprint density at radius 2 is 1.88 bits per heavy atom. The van der Waals surface area contributed by atoms with Crippen LogP contribution in [-0.4, -0.2) is 43.8 Å². The van der Waals surface area contributed by atoms with Gasteiger partial charge in [0.25, 0.3) is 5.91 Å². The van der Waals surface area contributed by atoms with Crippen LogP contribution in [0.4, 0.5) is 14.5 Å². The lowest BCUT2D eigenvalue weighted by Crippen LogP contribution is -2.37. The summed E-state index contributed by atoms with van der Waals surface area (Å²) in [4.78, 5) is 18.5. The van der Waals surface area contributed by atoms with Gasteiger partial charge in [-0.05, 0) is 49.6 Å². The second kappa shape index (κ2) is 9.69. The van der Waals surface area contributed by atoms with E-state index < -0.39 is 27.6 Å². The first kappa shape index (κ1) is 24.7. The van der Waals surface area contributed by atoms with Crippen LogP contribution in [-0.2, 0) is 10.0 Å². The third-order valence-electron chi connectivity index (χ3n) is 5.90. The van der Waals surface area contributed by atoms with Crippen molar-refractivity contribution >= 4 is 44.6 Å². The van der Waals surface area contributed by atoms with E-state index in [2.05, 4.69) is 4.98 Å². The van der Waals surface area contributed by atoms with Crippen molar-refractivity contribution in [2.75, 3.05) is 25.0 Å². The third kappa shape index (κ3) is 4.86. The Morgan fingerprint density at radius 3 is 2.53 bits per heavy atom. The Kier molecular flexibility index (Phi) is 7.04. The van der Waals surface area contributed by atoms with Gasteiger partial charge in [-0.15, -0.1) is 11.3 Å². The molecule has 34 heavy (non-hydrogen) atoms. The fourth-order valence-electron chi connectivity index (χ4n) is 3.83. The Morgan fingerprint density at radius 1 is 1.18 bits per heavy atom.